The van der Waals surface area contributed by atoms with Gasteiger partial charge >= 0.3 is 11.9 Å². The van der Waals surface area contributed by atoms with E-state index in [1.54, 1.807) is 0 Å². The molecule has 10 aliphatic rings. The van der Waals surface area contributed by atoms with E-state index in [2.05, 4.69) is 118 Å². The third-order valence-electron chi connectivity index (χ3n) is 21.8. The number of H-pyrrole nitrogens is 2. The second kappa shape index (κ2) is 20.7. The molecule has 2 aromatic heterocycles. The number of benzene rings is 3. The van der Waals surface area contributed by atoms with Crippen LogP contribution in [0.3, 0.4) is 0 Å². The number of ether oxygens (including phenoxy) is 2. The van der Waals surface area contributed by atoms with Crippen molar-refractivity contribution in [2.45, 2.75) is 158 Å². The average Bonchev–Trinajstić information content (AvgIpc) is 1.55. The van der Waals surface area contributed by atoms with Crippen molar-refractivity contribution in [1.82, 2.24) is 30.0 Å². The highest BCUT2D eigenvalue weighted by atomic mass is 16.6. The van der Waals surface area contributed by atoms with Crippen molar-refractivity contribution in [3.05, 3.63) is 124 Å². The predicted octanol–water partition coefficient (Wildman–Crippen LogP) is 7.34. The van der Waals surface area contributed by atoms with Gasteiger partial charge in [0.1, 0.15) is 11.0 Å². The molecule has 16 heteroatoms. The standard InChI is InChI=1S/C45H57N5O7.C20H23N3O.C2H6/c1-7-41(54)22-29-23-44(46-26-51,36-31(14-18-49(24-29)25-41)30-12-9-10-13-34(30)47-36)32-21-33-35(20-27(32)3)48(5)38-43(33)16-19-50-17-11-15-42(8-2,37(43)50)39(57-28(4)52)45(38,55)40(53)56-6;1-2-13-9-12-10-20(19(21)24)17-15(7-8-23(11-12)18(13)20)14-5-3-4-6-16(14)22-17;1-2/h9-13,15,20-21,26,29,37-39,47,54-55H,7-8,14,16-19,22-25H2,1-6H3,(H,46,51);3-6,9,12,18,22H,2,7-8,10-11H2,1H3,(H2,21,24);1-2H3/t29-,37-,38?,39+,41-,42+,43+,44-,45-;;/m0../s1. The lowest BCUT2D eigenvalue weighted by Gasteiger charge is -2.63. The van der Waals surface area contributed by atoms with Gasteiger partial charge in [-0.05, 0) is 129 Å². The number of methoxy groups -OCH3 is 1. The van der Waals surface area contributed by atoms with Crippen LogP contribution in [-0.4, -0.2) is 155 Å². The second-order valence-corrected chi connectivity index (χ2v) is 25.7. The van der Waals surface area contributed by atoms with Gasteiger partial charge in [0, 0.05) is 109 Å². The zero-order chi connectivity index (χ0) is 58.8. The summed E-state index contributed by atoms with van der Waals surface area (Å²) < 4.78 is 11.6. The first kappa shape index (κ1) is 57.1. The van der Waals surface area contributed by atoms with Crippen LogP contribution in [0.25, 0.3) is 21.8 Å². The van der Waals surface area contributed by atoms with Crippen LogP contribution in [0.1, 0.15) is 126 Å². The maximum atomic E-state index is 14.3. The summed E-state index contributed by atoms with van der Waals surface area (Å²) in [5, 5.41) is 31.0. The minimum absolute atomic E-state index is 0.0523. The molecule has 83 heavy (non-hydrogen) atoms. The van der Waals surface area contributed by atoms with E-state index >= 15 is 0 Å². The molecule has 14 atom stereocenters. The molecule has 6 unspecified atom stereocenters. The van der Waals surface area contributed by atoms with Gasteiger partial charge in [-0.3, -0.25) is 29.1 Å². The molecule has 7 N–H and O–H groups in total. The first-order valence-corrected chi connectivity index (χ1v) is 30.8. The number of aryl methyl sites for hydroxylation is 1. The van der Waals surface area contributed by atoms with Crippen molar-refractivity contribution in [2.75, 3.05) is 64.9 Å². The number of carbonyl (C=O) groups is 4. The number of fused-ring (bicyclic) bond motifs is 9. The number of likely N-dealkylation sites (N-methyl/N-ethyl adjacent to an activating group) is 1. The van der Waals surface area contributed by atoms with Crippen molar-refractivity contribution >= 4 is 51.7 Å². The smallest absolute Gasteiger partial charge is 0.344 e. The predicted molar refractivity (Wildman–Crippen MR) is 322 cm³/mol. The van der Waals surface area contributed by atoms with Crippen LogP contribution in [0.2, 0.25) is 0 Å². The normalized spacial score (nSPS) is 35.9. The molecule has 16 nitrogen and oxygen atoms in total. The van der Waals surface area contributed by atoms with Crippen LogP contribution in [0.15, 0.2) is 84.5 Å². The molecule has 442 valence electrons. The van der Waals surface area contributed by atoms with E-state index in [-0.39, 0.29) is 23.9 Å². The molecule has 4 fully saturated rings. The number of esters is 2. The maximum Gasteiger partial charge on any atom is 0.344 e. The van der Waals surface area contributed by atoms with E-state index in [9.17, 15) is 29.4 Å². The van der Waals surface area contributed by atoms with Gasteiger partial charge < -0.3 is 45.6 Å². The molecule has 3 aromatic carbocycles. The minimum Gasteiger partial charge on any atom is -0.467 e. The fraction of sp³-hybridized carbons (Fsp3) is 0.552. The molecule has 1 saturated carbocycles. The molecule has 0 radical (unpaired) electrons. The zero-order valence-corrected chi connectivity index (χ0v) is 50.1. The van der Waals surface area contributed by atoms with Gasteiger partial charge in [0.2, 0.25) is 17.9 Å². The van der Waals surface area contributed by atoms with Crippen molar-refractivity contribution in [3.8, 4) is 0 Å². The quantitative estimate of drug-likeness (QED) is 0.0487. The number of carbonyl (C=O) groups excluding carboxylic acids is 4. The van der Waals surface area contributed by atoms with Gasteiger partial charge in [0.25, 0.3) is 0 Å². The Morgan fingerprint density at radius 2 is 1.54 bits per heavy atom. The molecular weight excluding hydrogens is 1040 g/mol. The lowest BCUT2D eigenvalue weighted by Crippen LogP contribution is -2.81. The Labute approximate surface area is 488 Å². The number of rotatable bonds is 9. The number of nitrogens with zero attached hydrogens (tertiary/aromatic N) is 4. The summed E-state index contributed by atoms with van der Waals surface area (Å²) in [6, 6.07) is 20.2. The Bertz CT molecular complexity index is 3480. The number of anilines is 1. The molecule has 1 spiro atoms. The maximum absolute atomic E-state index is 14.3. The lowest BCUT2D eigenvalue weighted by molar-refractivity contribution is -0.228. The number of aliphatic hydroxyl groups is 2. The van der Waals surface area contributed by atoms with E-state index < -0.39 is 57.1 Å². The molecule has 2 amide bonds. The number of para-hydroxylation sites is 2. The van der Waals surface area contributed by atoms with Crippen molar-refractivity contribution in [3.63, 3.8) is 0 Å². The highest BCUT2D eigenvalue weighted by molar-refractivity contribution is 5.94. The highest BCUT2D eigenvalue weighted by Gasteiger charge is 2.80. The van der Waals surface area contributed by atoms with Gasteiger partial charge in [-0.1, -0.05) is 101 Å². The zero-order valence-electron chi connectivity index (χ0n) is 50.1. The fourth-order valence-electron chi connectivity index (χ4n) is 19.0. The summed E-state index contributed by atoms with van der Waals surface area (Å²) in [4.78, 5) is 70.2. The van der Waals surface area contributed by atoms with E-state index in [1.807, 2.05) is 44.9 Å². The molecular formula is C67H86N8O8. The van der Waals surface area contributed by atoms with Crippen LogP contribution in [0, 0.1) is 24.2 Å². The lowest BCUT2D eigenvalue weighted by atomic mass is 9.47. The number of nitrogens with two attached hydrogens (primary N) is 1. The number of hydrogen-bond acceptors (Lipinski definition) is 12. The summed E-state index contributed by atoms with van der Waals surface area (Å²) in [7, 11) is 3.20. The number of primary amides is 1. The summed E-state index contributed by atoms with van der Waals surface area (Å²) in [5.41, 5.74) is 11.5. The highest BCUT2D eigenvalue weighted by Crippen LogP contribution is 2.68. The first-order valence-electron chi connectivity index (χ1n) is 30.8. The molecule has 3 saturated heterocycles. The van der Waals surface area contributed by atoms with Crippen LogP contribution < -0.4 is 16.0 Å². The second-order valence-electron chi connectivity index (χ2n) is 25.7. The Kier molecular flexibility index (Phi) is 14.3. The molecule has 8 aliphatic heterocycles. The Hall–Kier alpha value is -6.30. The molecule has 6 bridgehead atoms. The van der Waals surface area contributed by atoms with Gasteiger partial charge in [-0.2, -0.15) is 0 Å². The number of piperidine rings is 2. The largest absolute Gasteiger partial charge is 0.467 e. The van der Waals surface area contributed by atoms with Crippen LogP contribution >= 0.6 is 0 Å². The monoisotopic (exact) mass is 1130 g/mol. The van der Waals surface area contributed by atoms with E-state index in [0.29, 0.717) is 57.7 Å². The third kappa shape index (κ3) is 8.00. The van der Waals surface area contributed by atoms with Gasteiger partial charge in [0.15, 0.2) is 6.10 Å². The summed E-state index contributed by atoms with van der Waals surface area (Å²) in [6.45, 7) is 19.4. The van der Waals surface area contributed by atoms with Crippen molar-refractivity contribution in [2.24, 2.45) is 23.0 Å². The first-order chi connectivity index (χ1) is 39.9. The number of aromatic amines is 2. The Morgan fingerprint density at radius 1 is 0.855 bits per heavy atom. The van der Waals surface area contributed by atoms with Crippen molar-refractivity contribution in [1.29, 1.82) is 0 Å². The average molecular weight is 1130 g/mol. The number of amides is 2. The Morgan fingerprint density at radius 3 is 2.19 bits per heavy atom. The summed E-state index contributed by atoms with van der Waals surface area (Å²) in [5.74, 6) is -1.10. The van der Waals surface area contributed by atoms with Crippen LogP contribution in [0.4, 0.5) is 5.69 Å². The summed E-state index contributed by atoms with van der Waals surface area (Å²) >= 11 is 0. The fourth-order valence-corrected chi connectivity index (χ4v) is 19.0. The minimum atomic E-state index is -2.23. The Balaban J connectivity index is 0.000000216. The van der Waals surface area contributed by atoms with Gasteiger partial charge in [0.05, 0.1) is 24.8 Å². The number of hydrogen-bond donors (Lipinski definition) is 6. The number of nitrogens with one attached hydrogen (secondary N) is 3. The molecule has 5 aromatic rings. The van der Waals surface area contributed by atoms with Crippen LogP contribution in [-0.2, 0) is 57.9 Å². The van der Waals surface area contributed by atoms with Gasteiger partial charge in [-0.15, -0.1) is 0 Å². The van der Waals surface area contributed by atoms with E-state index in [4.69, 9.17) is 15.2 Å². The SMILES string of the molecule is CC.CCC1=CC2CN3CCc4c([nH]c5ccccc45)C(C(N)=O)(C2)C13.CC[C@]1(O)C[C@@H]2CN(CCc3c([nH]c4ccccc34)[C@@](NC=O)(c3cc4c(cc3C)N(C)C3[C@]45CCN4CC=C[C@@](CC)([C@@H](OC(C)=O)[C@]3(O)C(=O)OC)[C@H]45)C2)C1. The topological polar surface area (TPSA) is 210 Å². The van der Waals surface area contributed by atoms with Gasteiger partial charge in [-0.25, -0.2) is 4.79 Å². The van der Waals surface area contributed by atoms with Crippen LogP contribution in [0.5, 0.6) is 0 Å². The van der Waals surface area contributed by atoms with Crippen molar-refractivity contribution < 1.29 is 38.9 Å². The molecule has 10 heterocycles. The summed E-state index contributed by atoms with van der Waals surface area (Å²) in [6.07, 6.45) is 12.7. The van der Waals surface area contributed by atoms with E-state index in [1.165, 1.54) is 30.6 Å². The van der Waals surface area contributed by atoms with E-state index in [0.717, 1.165) is 114 Å². The molecule has 2 aliphatic carbocycles. The number of aromatic nitrogens is 2. The third-order valence-corrected chi connectivity index (χ3v) is 21.8. The molecule has 15 rings (SSSR count).